The van der Waals surface area contributed by atoms with E-state index in [9.17, 15) is 5.11 Å². The lowest BCUT2D eigenvalue weighted by molar-refractivity contribution is 0.215. The lowest BCUT2D eigenvalue weighted by Gasteiger charge is -2.12. The zero-order valence-electron chi connectivity index (χ0n) is 13.8. The molecule has 0 aliphatic carbocycles. The summed E-state index contributed by atoms with van der Waals surface area (Å²) in [5, 5.41) is 18.3. The van der Waals surface area contributed by atoms with Crippen molar-refractivity contribution in [2.24, 2.45) is 0 Å². The summed E-state index contributed by atoms with van der Waals surface area (Å²) in [5.41, 5.74) is 8.51. The van der Waals surface area contributed by atoms with E-state index in [0.717, 1.165) is 11.1 Å². The number of benzene rings is 1. The maximum absolute atomic E-state index is 10.7. The normalized spacial score (nSPS) is 12.6. The molecule has 4 rings (SSSR count). The van der Waals surface area contributed by atoms with E-state index in [4.69, 9.17) is 17.3 Å². The molecule has 132 valence electrons. The predicted octanol–water partition coefficient (Wildman–Crippen LogP) is 2.82. The van der Waals surface area contributed by atoms with E-state index >= 15 is 0 Å². The van der Waals surface area contributed by atoms with E-state index in [1.807, 2.05) is 41.8 Å². The molecule has 3 aromatic heterocycles. The number of aromatic nitrogens is 5. The number of aliphatic hydroxyl groups is 1. The van der Waals surface area contributed by atoms with Gasteiger partial charge >= 0.3 is 0 Å². The van der Waals surface area contributed by atoms with Gasteiger partial charge in [0, 0.05) is 6.54 Å². The first kappa shape index (κ1) is 16.5. The van der Waals surface area contributed by atoms with Gasteiger partial charge < -0.3 is 15.4 Å². The molecular formula is C17H15ClN6O2. The molecule has 0 saturated carbocycles. The van der Waals surface area contributed by atoms with Crippen molar-refractivity contribution in [2.75, 3.05) is 5.73 Å². The largest absolute Gasteiger partial charge is 0.382 e. The molecule has 1 aromatic carbocycles. The smallest absolute Gasteiger partial charge is 0.199 e. The Morgan fingerprint density at radius 2 is 2.00 bits per heavy atom. The van der Waals surface area contributed by atoms with Crippen molar-refractivity contribution in [3.8, 4) is 11.5 Å². The molecule has 9 heteroatoms. The lowest BCUT2D eigenvalue weighted by Crippen LogP contribution is -2.04. The first-order valence-electron chi connectivity index (χ1n) is 7.98. The van der Waals surface area contributed by atoms with Gasteiger partial charge in [0.05, 0.1) is 11.2 Å². The molecule has 0 aliphatic heterocycles. The Balaban J connectivity index is 1.90. The maximum atomic E-state index is 10.7. The molecule has 4 aromatic rings. The van der Waals surface area contributed by atoms with Crippen LogP contribution in [0.15, 0.2) is 41.0 Å². The molecule has 26 heavy (non-hydrogen) atoms. The lowest BCUT2D eigenvalue weighted by atomic mass is 10.1. The summed E-state index contributed by atoms with van der Waals surface area (Å²) in [6.45, 7) is 2.54. The zero-order valence-corrected chi connectivity index (χ0v) is 14.6. The molecule has 0 fully saturated rings. The number of halogens is 1. The molecule has 0 spiro atoms. The maximum Gasteiger partial charge on any atom is 0.199 e. The fraction of sp³-hybridized carbons (Fsp3) is 0.176. The summed E-state index contributed by atoms with van der Waals surface area (Å²) in [7, 11) is 0. The number of nitrogens with two attached hydrogens (primary N) is 1. The van der Waals surface area contributed by atoms with Gasteiger partial charge in [-0.3, -0.25) is 0 Å². The minimum atomic E-state index is -0.902. The van der Waals surface area contributed by atoms with E-state index in [2.05, 4.69) is 24.9 Å². The molecule has 3 N–H and O–H groups in total. The fourth-order valence-corrected chi connectivity index (χ4v) is 3.14. The number of nitrogen functional groups attached to an aromatic ring is 1. The van der Waals surface area contributed by atoms with Crippen molar-refractivity contribution < 1.29 is 9.74 Å². The fourth-order valence-electron chi connectivity index (χ4n) is 2.90. The first-order valence-corrected chi connectivity index (χ1v) is 8.36. The standard InChI is InChI=1S/C17H15ClN6O2/c1-2-24-11-8-10(14(25)9-6-4-3-5-7-9)20-15(18)12(11)21-17(24)13-16(19)23-26-22-13/h3-8,14,25H,2H2,1H3,(H2,19,23). The number of fused-ring (bicyclic) bond motifs is 1. The Bertz CT molecular complexity index is 1080. The Morgan fingerprint density at radius 1 is 1.23 bits per heavy atom. The van der Waals surface area contributed by atoms with Gasteiger partial charge in [-0.1, -0.05) is 41.9 Å². The highest BCUT2D eigenvalue weighted by molar-refractivity contribution is 6.33. The van der Waals surface area contributed by atoms with Crippen molar-refractivity contribution in [1.29, 1.82) is 0 Å². The summed E-state index contributed by atoms with van der Waals surface area (Å²) in [6.07, 6.45) is -0.902. The number of anilines is 1. The average molecular weight is 371 g/mol. The number of aryl methyl sites for hydroxylation is 1. The third-order valence-corrected chi connectivity index (χ3v) is 4.41. The Morgan fingerprint density at radius 3 is 2.65 bits per heavy atom. The zero-order chi connectivity index (χ0) is 18.3. The number of aliphatic hydroxyl groups excluding tert-OH is 1. The molecular weight excluding hydrogens is 356 g/mol. The first-order chi connectivity index (χ1) is 12.6. The van der Waals surface area contributed by atoms with Crippen LogP contribution in [0.25, 0.3) is 22.6 Å². The van der Waals surface area contributed by atoms with Crippen LogP contribution < -0.4 is 5.73 Å². The van der Waals surface area contributed by atoms with Crippen molar-refractivity contribution in [3.05, 3.63) is 52.8 Å². The predicted molar refractivity (Wildman–Crippen MR) is 96.4 cm³/mol. The van der Waals surface area contributed by atoms with Gasteiger partial charge in [-0.15, -0.1) is 0 Å². The van der Waals surface area contributed by atoms with Crippen molar-refractivity contribution >= 4 is 28.5 Å². The molecule has 0 radical (unpaired) electrons. The number of pyridine rings is 1. The van der Waals surface area contributed by atoms with E-state index in [1.54, 1.807) is 6.07 Å². The quantitative estimate of drug-likeness (QED) is 0.530. The summed E-state index contributed by atoms with van der Waals surface area (Å²) in [6, 6.07) is 11.0. The van der Waals surface area contributed by atoms with Crippen LogP contribution in [-0.2, 0) is 6.54 Å². The van der Waals surface area contributed by atoms with Gasteiger partial charge in [0.2, 0.25) is 0 Å². The number of imidazole rings is 1. The van der Waals surface area contributed by atoms with Crippen LogP contribution in [0.1, 0.15) is 24.3 Å². The van der Waals surface area contributed by atoms with Gasteiger partial charge in [0.25, 0.3) is 0 Å². The van der Waals surface area contributed by atoms with Crippen LogP contribution in [0.5, 0.6) is 0 Å². The minimum absolute atomic E-state index is 0.142. The second-order valence-electron chi connectivity index (χ2n) is 5.70. The highest BCUT2D eigenvalue weighted by atomic mass is 35.5. The second-order valence-corrected chi connectivity index (χ2v) is 6.05. The summed E-state index contributed by atoms with van der Waals surface area (Å²) in [4.78, 5) is 8.82. The molecule has 0 saturated heterocycles. The van der Waals surface area contributed by atoms with Crippen LogP contribution in [0.2, 0.25) is 5.15 Å². The van der Waals surface area contributed by atoms with Crippen molar-refractivity contribution in [2.45, 2.75) is 19.6 Å². The van der Waals surface area contributed by atoms with Crippen LogP contribution >= 0.6 is 11.6 Å². The van der Waals surface area contributed by atoms with Crippen molar-refractivity contribution in [1.82, 2.24) is 24.8 Å². The Labute approximate surface area is 153 Å². The topological polar surface area (TPSA) is 116 Å². The SMILES string of the molecule is CCn1c(-c2nonc2N)nc2c(Cl)nc(C(O)c3ccccc3)cc21. The number of hydrogen-bond donors (Lipinski definition) is 2. The van der Waals surface area contributed by atoms with Crippen molar-refractivity contribution in [3.63, 3.8) is 0 Å². The van der Waals surface area contributed by atoms with Gasteiger partial charge in [-0.25, -0.2) is 14.6 Å². The van der Waals surface area contributed by atoms with E-state index in [0.29, 0.717) is 29.3 Å². The minimum Gasteiger partial charge on any atom is -0.382 e. The van der Waals surface area contributed by atoms with Crippen LogP contribution in [0.3, 0.4) is 0 Å². The summed E-state index contributed by atoms with van der Waals surface area (Å²) >= 11 is 6.35. The van der Waals surface area contributed by atoms with Gasteiger partial charge in [-0.05, 0) is 28.9 Å². The highest BCUT2D eigenvalue weighted by Crippen LogP contribution is 2.32. The molecule has 0 aliphatic rings. The Kier molecular flexibility index (Phi) is 4.06. The van der Waals surface area contributed by atoms with E-state index in [1.165, 1.54) is 0 Å². The number of rotatable bonds is 4. The molecule has 0 amide bonds. The van der Waals surface area contributed by atoms with Crippen LogP contribution in [0, 0.1) is 0 Å². The van der Waals surface area contributed by atoms with E-state index in [-0.39, 0.29) is 11.0 Å². The van der Waals surface area contributed by atoms with Crippen LogP contribution in [-0.4, -0.2) is 30.0 Å². The number of nitrogens with zero attached hydrogens (tertiary/aromatic N) is 5. The monoisotopic (exact) mass is 370 g/mol. The van der Waals surface area contributed by atoms with Crippen LogP contribution in [0.4, 0.5) is 5.82 Å². The molecule has 1 unspecified atom stereocenters. The van der Waals surface area contributed by atoms with Gasteiger partial charge in [0.1, 0.15) is 11.6 Å². The van der Waals surface area contributed by atoms with Gasteiger partial charge in [-0.2, -0.15) is 0 Å². The average Bonchev–Trinajstić information content (AvgIpc) is 3.24. The molecule has 0 bridgehead atoms. The molecule has 8 nitrogen and oxygen atoms in total. The molecule has 1 atom stereocenters. The van der Waals surface area contributed by atoms with E-state index < -0.39 is 6.10 Å². The third kappa shape index (κ3) is 2.59. The van der Waals surface area contributed by atoms with Gasteiger partial charge in [0.15, 0.2) is 22.5 Å². The molecule has 3 heterocycles. The second kappa shape index (κ2) is 6.40. The third-order valence-electron chi connectivity index (χ3n) is 4.15. The summed E-state index contributed by atoms with van der Waals surface area (Å²) < 4.78 is 6.55. The summed E-state index contributed by atoms with van der Waals surface area (Å²) in [5.74, 6) is 0.625. The Hall–Kier alpha value is -2.97. The highest BCUT2D eigenvalue weighted by Gasteiger charge is 2.22. The number of hydrogen-bond acceptors (Lipinski definition) is 7.